The first-order valence-electron chi connectivity index (χ1n) is 6.35. The Labute approximate surface area is 122 Å². The van der Waals surface area contributed by atoms with Crippen LogP contribution in [0, 0.1) is 6.92 Å². The molecule has 1 saturated heterocycles. The first-order chi connectivity index (χ1) is 9.45. The predicted molar refractivity (Wildman–Crippen MR) is 73.7 cm³/mol. The van der Waals surface area contributed by atoms with E-state index in [1.54, 1.807) is 23.1 Å². The summed E-state index contributed by atoms with van der Waals surface area (Å²) in [6.07, 6.45) is -1.06. The summed E-state index contributed by atoms with van der Waals surface area (Å²) in [5, 5.41) is 9.90. The van der Waals surface area contributed by atoms with E-state index in [4.69, 9.17) is 16.3 Å². The molecule has 1 N–H and O–H groups in total. The summed E-state index contributed by atoms with van der Waals surface area (Å²) in [7, 11) is 0. The fourth-order valence-corrected chi connectivity index (χ4v) is 2.76. The van der Waals surface area contributed by atoms with E-state index in [2.05, 4.69) is 0 Å². The van der Waals surface area contributed by atoms with Crippen molar-refractivity contribution >= 4 is 23.5 Å². The maximum absolute atomic E-state index is 11.9. The lowest BCUT2D eigenvalue weighted by Gasteiger charge is -2.39. The van der Waals surface area contributed by atoms with Crippen molar-refractivity contribution in [3.8, 4) is 0 Å². The first kappa shape index (κ1) is 14.8. The maximum atomic E-state index is 11.9. The van der Waals surface area contributed by atoms with Crippen molar-refractivity contribution in [2.45, 2.75) is 26.0 Å². The van der Waals surface area contributed by atoms with Crippen LogP contribution in [0.4, 0.5) is 0 Å². The molecule has 1 aromatic rings. The maximum Gasteiger partial charge on any atom is 0.335 e. The normalized spacial score (nSPS) is 22.9. The number of ether oxygens (including phenoxy) is 1. The second kappa shape index (κ2) is 5.81. The van der Waals surface area contributed by atoms with Crippen molar-refractivity contribution in [3.05, 3.63) is 34.3 Å². The van der Waals surface area contributed by atoms with Crippen molar-refractivity contribution in [2.75, 3.05) is 13.2 Å². The lowest BCUT2D eigenvalue weighted by Crippen LogP contribution is -2.51. The summed E-state index contributed by atoms with van der Waals surface area (Å²) in [6, 6.07) is 4.57. The molecule has 0 radical (unpaired) electrons. The standard InChI is InChI=1S/C14H16ClNO4/c1-3-16-11(17)7-20-13(14(18)19)12(16)10-5-4-9(15)6-8(10)2/h4-6,12-13H,3,7H2,1-2H3,(H,18,19). The van der Waals surface area contributed by atoms with Gasteiger partial charge in [0.15, 0.2) is 6.10 Å². The second-order valence-electron chi connectivity index (χ2n) is 4.70. The van der Waals surface area contributed by atoms with Crippen LogP contribution < -0.4 is 0 Å². The molecule has 0 aromatic heterocycles. The zero-order chi connectivity index (χ0) is 14.9. The summed E-state index contributed by atoms with van der Waals surface area (Å²) < 4.78 is 5.21. The minimum atomic E-state index is -1.07. The number of rotatable bonds is 3. The van der Waals surface area contributed by atoms with Crippen LogP contribution >= 0.6 is 11.6 Å². The molecular formula is C14H16ClNO4. The molecular weight excluding hydrogens is 282 g/mol. The van der Waals surface area contributed by atoms with Gasteiger partial charge in [0.2, 0.25) is 5.91 Å². The summed E-state index contributed by atoms with van der Waals surface area (Å²) in [5.74, 6) is -1.28. The minimum Gasteiger partial charge on any atom is -0.479 e. The number of amides is 1. The van der Waals surface area contributed by atoms with Crippen LogP contribution in [0.15, 0.2) is 18.2 Å². The van der Waals surface area contributed by atoms with Gasteiger partial charge in [-0.15, -0.1) is 0 Å². The molecule has 108 valence electrons. The summed E-state index contributed by atoms with van der Waals surface area (Å²) >= 11 is 5.93. The zero-order valence-corrected chi connectivity index (χ0v) is 12.1. The molecule has 20 heavy (non-hydrogen) atoms. The van der Waals surface area contributed by atoms with E-state index in [0.717, 1.165) is 11.1 Å². The third-order valence-electron chi connectivity index (χ3n) is 3.46. The van der Waals surface area contributed by atoms with Crippen molar-refractivity contribution in [1.29, 1.82) is 0 Å². The smallest absolute Gasteiger partial charge is 0.335 e. The Kier molecular flexibility index (Phi) is 4.30. The number of aliphatic carboxylic acids is 1. The number of carboxylic acid groups (broad SMARTS) is 1. The van der Waals surface area contributed by atoms with E-state index in [0.29, 0.717) is 11.6 Å². The summed E-state index contributed by atoms with van der Waals surface area (Å²) in [5.41, 5.74) is 1.59. The van der Waals surface area contributed by atoms with Crippen LogP contribution in [-0.4, -0.2) is 41.1 Å². The van der Waals surface area contributed by atoms with Gasteiger partial charge in [0.25, 0.3) is 0 Å². The third-order valence-corrected chi connectivity index (χ3v) is 3.70. The van der Waals surface area contributed by atoms with Crippen molar-refractivity contribution in [2.24, 2.45) is 0 Å². The fourth-order valence-electron chi connectivity index (χ4n) is 2.54. The molecule has 1 fully saturated rings. The van der Waals surface area contributed by atoms with Gasteiger partial charge in [-0.3, -0.25) is 4.79 Å². The predicted octanol–water partition coefficient (Wildman–Crippen LogP) is 2.02. The molecule has 1 aromatic carbocycles. The molecule has 2 rings (SSSR count). The van der Waals surface area contributed by atoms with Crippen LogP contribution in [0.2, 0.25) is 5.02 Å². The van der Waals surface area contributed by atoms with Gasteiger partial charge in [-0.05, 0) is 37.1 Å². The summed E-state index contributed by atoms with van der Waals surface area (Å²) in [6.45, 7) is 3.89. The SMILES string of the molecule is CCN1C(=O)COC(C(=O)O)C1c1ccc(Cl)cc1C. The lowest BCUT2D eigenvalue weighted by atomic mass is 9.94. The van der Waals surface area contributed by atoms with Gasteiger partial charge in [-0.1, -0.05) is 17.7 Å². The van der Waals surface area contributed by atoms with Crippen LogP contribution in [0.3, 0.4) is 0 Å². The number of aryl methyl sites for hydroxylation is 1. The van der Waals surface area contributed by atoms with Crippen LogP contribution in [-0.2, 0) is 14.3 Å². The molecule has 0 bridgehead atoms. The monoisotopic (exact) mass is 297 g/mol. The van der Waals surface area contributed by atoms with E-state index in [1.807, 2.05) is 13.8 Å². The molecule has 0 saturated carbocycles. The second-order valence-corrected chi connectivity index (χ2v) is 5.13. The van der Waals surface area contributed by atoms with E-state index in [1.165, 1.54) is 0 Å². The number of carbonyl (C=O) groups excluding carboxylic acids is 1. The highest BCUT2D eigenvalue weighted by molar-refractivity contribution is 6.30. The first-order valence-corrected chi connectivity index (χ1v) is 6.73. The molecule has 1 aliphatic rings. The van der Waals surface area contributed by atoms with Gasteiger partial charge >= 0.3 is 5.97 Å². The number of halogens is 1. The molecule has 0 spiro atoms. The molecule has 2 unspecified atom stereocenters. The topological polar surface area (TPSA) is 66.8 Å². The van der Waals surface area contributed by atoms with Gasteiger partial charge in [-0.2, -0.15) is 0 Å². The van der Waals surface area contributed by atoms with E-state index in [-0.39, 0.29) is 12.5 Å². The van der Waals surface area contributed by atoms with E-state index in [9.17, 15) is 14.7 Å². The quantitative estimate of drug-likeness (QED) is 0.927. The van der Waals surface area contributed by atoms with Gasteiger partial charge in [0, 0.05) is 11.6 Å². The number of carbonyl (C=O) groups is 2. The van der Waals surface area contributed by atoms with Gasteiger partial charge in [-0.25, -0.2) is 4.79 Å². The van der Waals surface area contributed by atoms with Crippen molar-refractivity contribution in [3.63, 3.8) is 0 Å². The fraction of sp³-hybridized carbons (Fsp3) is 0.429. The Bertz CT molecular complexity index is 544. The molecule has 1 heterocycles. The summed E-state index contributed by atoms with van der Waals surface area (Å²) in [4.78, 5) is 24.9. The van der Waals surface area contributed by atoms with E-state index < -0.39 is 18.1 Å². The number of morpholine rings is 1. The van der Waals surface area contributed by atoms with Crippen molar-refractivity contribution in [1.82, 2.24) is 4.90 Å². The van der Waals surface area contributed by atoms with E-state index >= 15 is 0 Å². The van der Waals surface area contributed by atoms with Crippen LogP contribution in [0.25, 0.3) is 0 Å². The molecule has 0 aliphatic carbocycles. The van der Waals surface area contributed by atoms with Crippen molar-refractivity contribution < 1.29 is 19.4 Å². The number of likely N-dealkylation sites (N-methyl/N-ethyl adjacent to an activating group) is 1. The number of benzene rings is 1. The molecule has 6 heteroatoms. The number of carboxylic acids is 1. The van der Waals surface area contributed by atoms with Crippen LogP contribution in [0.5, 0.6) is 0 Å². The Morgan fingerprint density at radius 3 is 2.80 bits per heavy atom. The Morgan fingerprint density at radius 2 is 2.25 bits per heavy atom. The molecule has 1 amide bonds. The zero-order valence-electron chi connectivity index (χ0n) is 11.3. The average molecular weight is 298 g/mol. The molecule has 1 aliphatic heterocycles. The Hall–Kier alpha value is -1.59. The highest BCUT2D eigenvalue weighted by Crippen LogP contribution is 2.33. The lowest BCUT2D eigenvalue weighted by molar-refractivity contribution is -0.172. The Morgan fingerprint density at radius 1 is 1.55 bits per heavy atom. The van der Waals surface area contributed by atoms with Gasteiger partial charge < -0.3 is 14.7 Å². The highest BCUT2D eigenvalue weighted by Gasteiger charge is 2.41. The van der Waals surface area contributed by atoms with Gasteiger partial charge in [0.1, 0.15) is 6.61 Å². The molecule has 2 atom stereocenters. The third kappa shape index (κ3) is 2.64. The Balaban J connectivity index is 2.49. The largest absolute Gasteiger partial charge is 0.479 e. The van der Waals surface area contributed by atoms with Gasteiger partial charge in [0.05, 0.1) is 6.04 Å². The average Bonchev–Trinajstić information content (AvgIpc) is 2.38. The highest BCUT2D eigenvalue weighted by atomic mass is 35.5. The number of hydrogen-bond donors (Lipinski definition) is 1. The number of nitrogens with zero attached hydrogens (tertiary/aromatic N) is 1. The number of hydrogen-bond acceptors (Lipinski definition) is 3. The van der Waals surface area contributed by atoms with Crippen LogP contribution in [0.1, 0.15) is 24.1 Å². The minimum absolute atomic E-state index is 0.200. The molecule has 5 nitrogen and oxygen atoms in total.